The number of phenolic OH excluding ortho intramolecular Hbond substituents is 1. The van der Waals surface area contributed by atoms with Gasteiger partial charge in [0, 0.05) is 48.9 Å². The van der Waals surface area contributed by atoms with Crippen LogP contribution in [0.2, 0.25) is 0 Å². The number of amides is 2. The van der Waals surface area contributed by atoms with Gasteiger partial charge in [-0.25, -0.2) is 9.29 Å². The van der Waals surface area contributed by atoms with Crippen LogP contribution in [0.25, 0.3) is 0 Å². The van der Waals surface area contributed by atoms with E-state index in [4.69, 9.17) is 0 Å². The number of allylic oxidation sites excluding steroid dienone is 6. The number of benzene rings is 2. The fourth-order valence-corrected chi connectivity index (χ4v) is 7.15. The van der Waals surface area contributed by atoms with Crippen molar-refractivity contribution >= 4 is 46.1 Å². The summed E-state index contributed by atoms with van der Waals surface area (Å²) in [6, 6.07) is 5.51. The highest BCUT2D eigenvalue weighted by atomic mass is 19.1. The van der Waals surface area contributed by atoms with E-state index >= 15 is 0 Å². The normalized spacial score (nSPS) is 24.1. The number of aromatic hydroxyl groups is 1. The number of fused-ring (bicyclic) bond motifs is 3. The number of carbonyl (C=O) groups is 4. The number of phenols is 1. The molecular weight excluding hydrogens is 591 g/mol. The van der Waals surface area contributed by atoms with Crippen LogP contribution in [0.5, 0.6) is 5.75 Å². The van der Waals surface area contributed by atoms with Gasteiger partial charge in [-0.05, 0) is 49.5 Å². The first kappa shape index (κ1) is 29.5. The van der Waals surface area contributed by atoms with E-state index < -0.39 is 79.8 Å². The second kappa shape index (κ2) is 10.3. The number of Topliss-reactive ketones (excluding diaryl/α,β-unsaturated/α-hetero) is 1. The van der Waals surface area contributed by atoms with Crippen LogP contribution in [0.4, 0.5) is 27.1 Å². The summed E-state index contributed by atoms with van der Waals surface area (Å²) in [6.07, 6.45) is 2.85. The number of halogens is 1. The van der Waals surface area contributed by atoms with Crippen molar-refractivity contribution in [1.29, 1.82) is 0 Å². The zero-order valence-corrected chi connectivity index (χ0v) is 24.1. The van der Waals surface area contributed by atoms with E-state index in [2.05, 4.69) is 0 Å². The molecule has 0 radical (unpaired) electrons. The minimum atomic E-state index is -1.07. The molecule has 4 atom stereocenters. The Morgan fingerprint density at radius 3 is 2.20 bits per heavy atom. The molecule has 1 saturated heterocycles. The average molecular weight is 617 g/mol. The van der Waals surface area contributed by atoms with Crippen LogP contribution in [-0.4, -0.2) is 52.4 Å². The van der Waals surface area contributed by atoms with Crippen LogP contribution >= 0.6 is 0 Å². The van der Waals surface area contributed by atoms with Gasteiger partial charge in [0.05, 0.1) is 27.4 Å². The van der Waals surface area contributed by atoms with Gasteiger partial charge < -0.3 is 10.0 Å². The fraction of sp³-hybridized carbons (Fsp3) is 0.290. The number of nitro groups is 2. The van der Waals surface area contributed by atoms with Crippen LogP contribution in [0, 0.1) is 43.8 Å². The van der Waals surface area contributed by atoms with E-state index in [-0.39, 0.29) is 46.5 Å². The zero-order valence-electron chi connectivity index (χ0n) is 24.1. The molecule has 14 heteroatoms. The Kier molecular flexibility index (Phi) is 6.75. The highest BCUT2D eigenvalue weighted by Crippen LogP contribution is 2.56. The molecule has 0 spiro atoms. The van der Waals surface area contributed by atoms with Crippen molar-refractivity contribution in [2.45, 2.75) is 25.7 Å². The highest BCUT2D eigenvalue weighted by molar-refractivity contribution is 6.25. The standard InChI is InChI=1S/C31H25FN4O9/c1-13-8-24(38)19-12-18-16(25(27(19)29(13)39)14-4-7-23(37)20(32)9-14)5-6-17-26(18)31(41)34(30(17)40)15-10-21(35(42)43)28(33(2)3)22(11-15)36(44)45/h4-5,7-11,17-18,25-26,37H,6,12H2,1-3H3/t17-,18+,25-,26-/m0/s1. The van der Waals surface area contributed by atoms with Crippen molar-refractivity contribution < 1.29 is 38.5 Å². The summed E-state index contributed by atoms with van der Waals surface area (Å²) in [5, 5.41) is 33.7. The number of ketones is 2. The number of hydrogen-bond donors (Lipinski definition) is 1. The Morgan fingerprint density at radius 2 is 1.62 bits per heavy atom. The maximum atomic E-state index is 14.6. The molecule has 6 rings (SSSR count). The largest absolute Gasteiger partial charge is 0.505 e. The topological polar surface area (TPSA) is 181 Å². The van der Waals surface area contributed by atoms with Crippen LogP contribution in [0.15, 0.2) is 64.8 Å². The lowest BCUT2D eigenvalue weighted by Gasteiger charge is -2.42. The summed E-state index contributed by atoms with van der Waals surface area (Å²) in [7, 11) is 2.78. The van der Waals surface area contributed by atoms with Crippen molar-refractivity contribution in [3.05, 3.63) is 96.4 Å². The molecule has 3 aliphatic carbocycles. The monoisotopic (exact) mass is 616 g/mol. The minimum Gasteiger partial charge on any atom is -0.505 e. The van der Waals surface area contributed by atoms with Gasteiger partial charge in [-0.1, -0.05) is 17.7 Å². The second-order valence-electron chi connectivity index (χ2n) is 11.7. The molecule has 1 heterocycles. The molecule has 4 aliphatic rings. The van der Waals surface area contributed by atoms with Gasteiger partial charge >= 0.3 is 11.4 Å². The molecule has 13 nitrogen and oxygen atoms in total. The molecular formula is C31H25FN4O9. The zero-order chi connectivity index (χ0) is 32.6. The number of nitro benzene ring substituents is 2. The summed E-state index contributed by atoms with van der Waals surface area (Å²) in [6.45, 7) is 1.49. The van der Waals surface area contributed by atoms with Gasteiger partial charge in [-0.3, -0.25) is 39.4 Å². The SMILES string of the molecule is CC1=CC(=O)C2=C(C1=O)[C@@H](c1ccc(O)c(F)c1)C1=CC[C@@H]3C(=O)N(c4cc([N+](=O)[O-])c(N(C)C)c([N+](=O)[O-])c4)C(=O)[C@@H]3[C@@H]1C2. The van der Waals surface area contributed by atoms with Gasteiger partial charge in [0.15, 0.2) is 28.8 Å². The maximum Gasteiger partial charge on any atom is 0.301 e. The number of carbonyl (C=O) groups excluding carboxylic acids is 4. The van der Waals surface area contributed by atoms with Crippen LogP contribution in [0.1, 0.15) is 31.2 Å². The van der Waals surface area contributed by atoms with E-state index in [0.717, 1.165) is 29.2 Å². The van der Waals surface area contributed by atoms with E-state index in [1.165, 1.54) is 38.1 Å². The Labute approximate surface area is 254 Å². The van der Waals surface area contributed by atoms with E-state index in [1.54, 1.807) is 6.08 Å². The smallest absolute Gasteiger partial charge is 0.301 e. The van der Waals surface area contributed by atoms with Crippen molar-refractivity contribution in [3.63, 3.8) is 0 Å². The summed E-state index contributed by atoms with van der Waals surface area (Å²) < 4.78 is 14.6. The molecule has 0 unspecified atom stereocenters. The number of imide groups is 1. The highest BCUT2D eigenvalue weighted by Gasteiger charge is 2.57. The average Bonchev–Trinajstić information content (AvgIpc) is 3.24. The quantitative estimate of drug-likeness (QED) is 0.169. The molecule has 2 amide bonds. The minimum absolute atomic E-state index is 0.0220. The van der Waals surface area contributed by atoms with E-state index in [1.807, 2.05) is 0 Å². The van der Waals surface area contributed by atoms with E-state index in [0.29, 0.717) is 5.57 Å². The molecule has 1 fully saturated rings. The molecule has 2 aromatic carbocycles. The molecule has 0 aromatic heterocycles. The predicted octanol–water partition coefficient (Wildman–Crippen LogP) is 4.05. The molecule has 45 heavy (non-hydrogen) atoms. The van der Waals surface area contributed by atoms with Gasteiger partial charge in [0.2, 0.25) is 11.8 Å². The third-order valence-corrected chi connectivity index (χ3v) is 9.02. The molecule has 1 N–H and O–H groups in total. The third-order valence-electron chi connectivity index (χ3n) is 9.02. The van der Waals surface area contributed by atoms with Crippen molar-refractivity contribution in [2.24, 2.45) is 17.8 Å². The van der Waals surface area contributed by atoms with Crippen LogP contribution in [0.3, 0.4) is 0 Å². The summed E-state index contributed by atoms with van der Waals surface area (Å²) in [4.78, 5) is 78.8. The number of rotatable bonds is 5. The van der Waals surface area contributed by atoms with Gasteiger partial charge in [-0.15, -0.1) is 0 Å². The van der Waals surface area contributed by atoms with Crippen LogP contribution in [-0.2, 0) is 19.2 Å². The Morgan fingerprint density at radius 1 is 0.978 bits per heavy atom. The van der Waals surface area contributed by atoms with Crippen molar-refractivity contribution in [2.75, 3.05) is 23.9 Å². The number of nitrogens with zero attached hydrogens (tertiary/aromatic N) is 4. The molecule has 0 saturated carbocycles. The first-order chi connectivity index (χ1) is 21.2. The molecule has 230 valence electrons. The summed E-state index contributed by atoms with van der Waals surface area (Å²) in [5.74, 6) is -7.67. The van der Waals surface area contributed by atoms with Gasteiger partial charge in [0.1, 0.15) is 0 Å². The lowest BCUT2D eigenvalue weighted by atomic mass is 9.59. The maximum absolute atomic E-state index is 14.6. The van der Waals surface area contributed by atoms with Gasteiger partial charge in [-0.2, -0.15) is 0 Å². The lowest BCUT2D eigenvalue weighted by Crippen LogP contribution is -2.39. The Hall–Kier alpha value is -5.53. The first-order valence-corrected chi connectivity index (χ1v) is 13.9. The Bertz CT molecular complexity index is 1860. The predicted molar refractivity (Wildman–Crippen MR) is 156 cm³/mol. The summed E-state index contributed by atoms with van der Waals surface area (Å²) in [5.41, 5.74) is -0.728. The number of hydrogen-bond acceptors (Lipinski definition) is 10. The molecule has 2 aromatic rings. The van der Waals surface area contributed by atoms with Crippen molar-refractivity contribution in [3.8, 4) is 5.75 Å². The van der Waals surface area contributed by atoms with E-state index in [9.17, 15) is 48.9 Å². The lowest BCUT2D eigenvalue weighted by molar-refractivity contribution is -0.392. The first-order valence-electron chi connectivity index (χ1n) is 13.9. The number of anilines is 2. The fourth-order valence-electron chi connectivity index (χ4n) is 7.15. The van der Waals surface area contributed by atoms with Gasteiger partial charge in [0.25, 0.3) is 0 Å². The Balaban J connectivity index is 1.49. The van der Waals surface area contributed by atoms with Crippen LogP contribution < -0.4 is 9.80 Å². The molecule has 1 aliphatic heterocycles. The second-order valence-corrected chi connectivity index (χ2v) is 11.7. The third kappa shape index (κ3) is 4.35. The molecule has 0 bridgehead atoms. The van der Waals surface area contributed by atoms with Crippen molar-refractivity contribution in [1.82, 2.24) is 0 Å². The summed E-state index contributed by atoms with van der Waals surface area (Å²) >= 11 is 0.